The Morgan fingerprint density at radius 1 is 0.828 bits per heavy atom. The van der Waals surface area contributed by atoms with Crippen LogP contribution in [0.3, 0.4) is 0 Å². The lowest BCUT2D eigenvalue weighted by molar-refractivity contribution is -0.139. The zero-order chi connectivity index (χ0) is 20.1. The van der Waals surface area contributed by atoms with E-state index in [0.717, 1.165) is 70.8 Å². The summed E-state index contributed by atoms with van der Waals surface area (Å²) in [5, 5.41) is 0. The summed E-state index contributed by atoms with van der Waals surface area (Å²) in [4.78, 5) is 19.9. The van der Waals surface area contributed by atoms with Crippen molar-refractivity contribution in [3.05, 3.63) is 71.5 Å². The quantitative estimate of drug-likeness (QED) is 0.777. The Morgan fingerprint density at radius 2 is 1.48 bits per heavy atom. The van der Waals surface area contributed by atoms with Gasteiger partial charge in [0.1, 0.15) is 5.82 Å². The molecule has 0 aliphatic carbocycles. The highest BCUT2D eigenvalue weighted by molar-refractivity contribution is 5.79. The predicted octanol–water partition coefficient (Wildman–Crippen LogP) is 3.38. The third-order valence-electron chi connectivity index (χ3n) is 6.11. The Balaban J connectivity index is 1.26. The number of hydrogen-bond acceptors (Lipinski definition) is 3. The van der Waals surface area contributed by atoms with Gasteiger partial charge in [-0.1, -0.05) is 42.5 Å². The van der Waals surface area contributed by atoms with Gasteiger partial charge < -0.3 is 4.90 Å². The van der Waals surface area contributed by atoms with Crippen LogP contribution in [0.15, 0.2) is 54.6 Å². The first kappa shape index (κ1) is 20.0. The van der Waals surface area contributed by atoms with Gasteiger partial charge in [-0.25, -0.2) is 4.39 Å². The second kappa shape index (κ2) is 9.51. The van der Waals surface area contributed by atoms with Gasteiger partial charge in [-0.15, -0.1) is 0 Å². The molecule has 4 rings (SSSR count). The van der Waals surface area contributed by atoms with Crippen LogP contribution in [0.1, 0.15) is 24.0 Å². The molecule has 0 spiro atoms. The van der Waals surface area contributed by atoms with Gasteiger partial charge in [-0.2, -0.15) is 0 Å². The summed E-state index contributed by atoms with van der Waals surface area (Å²) in [7, 11) is 0. The van der Waals surface area contributed by atoms with Gasteiger partial charge in [-0.3, -0.25) is 14.6 Å². The molecule has 2 aliphatic rings. The van der Waals surface area contributed by atoms with E-state index in [0.29, 0.717) is 5.91 Å². The van der Waals surface area contributed by atoms with Crippen LogP contribution in [0.25, 0.3) is 0 Å². The molecule has 1 amide bonds. The number of likely N-dealkylation sites (tertiary alicyclic amines) is 1. The number of rotatable bonds is 5. The molecule has 4 nitrogen and oxygen atoms in total. The predicted molar refractivity (Wildman–Crippen MR) is 113 cm³/mol. The van der Waals surface area contributed by atoms with E-state index in [9.17, 15) is 9.18 Å². The van der Waals surface area contributed by atoms with Gasteiger partial charge in [0.25, 0.3) is 0 Å². The topological polar surface area (TPSA) is 26.8 Å². The molecule has 0 bridgehead atoms. The molecule has 1 unspecified atom stereocenters. The summed E-state index contributed by atoms with van der Waals surface area (Å²) in [5.74, 6) is 0.199. The lowest BCUT2D eigenvalue weighted by Crippen LogP contribution is -2.52. The van der Waals surface area contributed by atoms with Crippen molar-refractivity contribution in [3.8, 4) is 0 Å². The first-order chi connectivity index (χ1) is 14.2. The molecule has 2 fully saturated rings. The summed E-state index contributed by atoms with van der Waals surface area (Å²) < 4.78 is 13.1. The van der Waals surface area contributed by atoms with E-state index >= 15 is 0 Å². The molecule has 0 radical (unpaired) electrons. The fraction of sp³-hybridized carbons (Fsp3) is 0.458. The lowest BCUT2D eigenvalue weighted by Gasteiger charge is -2.39. The molecule has 5 heteroatoms. The Labute approximate surface area is 172 Å². The average molecular weight is 396 g/mol. The summed E-state index contributed by atoms with van der Waals surface area (Å²) in [6.45, 7) is 7.07. The minimum absolute atomic E-state index is 0.0878. The average Bonchev–Trinajstić information content (AvgIpc) is 2.76. The Bertz CT molecular complexity index is 788. The standard InChI is InChI=1S/C24H30FN3O/c25-23-10-8-21(9-11-23)18-27-12-4-7-22(19-27)24(29)28-15-13-26(14-16-28)17-20-5-2-1-3-6-20/h1-3,5-6,8-11,22H,4,7,12-19H2. The number of piperidine rings is 1. The van der Waals surface area contributed by atoms with E-state index in [-0.39, 0.29) is 11.7 Å². The highest BCUT2D eigenvalue weighted by atomic mass is 19.1. The van der Waals surface area contributed by atoms with Crippen molar-refractivity contribution in [2.75, 3.05) is 39.3 Å². The zero-order valence-corrected chi connectivity index (χ0v) is 17.0. The maximum Gasteiger partial charge on any atom is 0.227 e. The van der Waals surface area contributed by atoms with Crippen molar-refractivity contribution in [2.45, 2.75) is 25.9 Å². The minimum atomic E-state index is -0.202. The van der Waals surface area contributed by atoms with E-state index in [2.05, 4.69) is 39.0 Å². The molecule has 0 aromatic heterocycles. The maximum absolute atomic E-state index is 13.1. The molecule has 29 heavy (non-hydrogen) atoms. The first-order valence-electron chi connectivity index (χ1n) is 10.7. The largest absolute Gasteiger partial charge is 0.340 e. The summed E-state index contributed by atoms with van der Waals surface area (Å²) in [6.07, 6.45) is 2.02. The van der Waals surface area contributed by atoms with Crippen LogP contribution in [0.2, 0.25) is 0 Å². The normalized spacial score (nSPS) is 21.3. The Hall–Kier alpha value is -2.24. The number of amides is 1. The van der Waals surface area contributed by atoms with Crippen molar-refractivity contribution in [2.24, 2.45) is 5.92 Å². The molecular formula is C24H30FN3O. The summed E-state index contributed by atoms with van der Waals surface area (Å²) >= 11 is 0. The maximum atomic E-state index is 13.1. The van der Waals surface area contributed by atoms with Gasteiger partial charge in [0.05, 0.1) is 5.92 Å². The summed E-state index contributed by atoms with van der Waals surface area (Å²) in [6, 6.07) is 17.2. The minimum Gasteiger partial charge on any atom is -0.340 e. The zero-order valence-electron chi connectivity index (χ0n) is 17.0. The molecule has 2 aromatic rings. The van der Waals surface area contributed by atoms with Crippen LogP contribution in [0.4, 0.5) is 4.39 Å². The molecule has 2 aromatic carbocycles. The second-order valence-electron chi connectivity index (χ2n) is 8.29. The third-order valence-corrected chi connectivity index (χ3v) is 6.11. The van der Waals surface area contributed by atoms with Crippen LogP contribution in [0.5, 0.6) is 0 Å². The number of piperazine rings is 1. The van der Waals surface area contributed by atoms with Crippen LogP contribution in [-0.2, 0) is 17.9 Å². The van der Waals surface area contributed by atoms with E-state index in [1.54, 1.807) is 0 Å². The van der Waals surface area contributed by atoms with Gasteiger partial charge in [-0.05, 0) is 42.6 Å². The Kier molecular flexibility index (Phi) is 6.57. The number of halogens is 1. The van der Waals surface area contributed by atoms with Crippen molar-refractivity contribution in [1.29, 1.82) is 0 Å². The second-order valence-corrected chi connectivity index (χ2v) is 8.29. The molecular weight excluding hydrogens is 365 g/mol. The van der Waals surface area contributed by atoms with Crippen molar-refractivity contribution in [1.82, 2.24) is 14.7 Å². The number of carbonyl (C=O) groups excluding carboxylic acids is 1. The van der Waals surface area contributed by atoms with Crippen LogP contribution < -0.4 is 0 Å². The van der Waals surface area contributed by atoms with Crippen LogP contribution in [-0.4, -0.2) is 59.9 Å². The smallest absolute Gasteiger partial charge is 0.227 e. The third kappa shape index (κ3) is 5.43. The van der Waals surface area contributed by atoms with Gasteiger partial charge >= 0.3 is 0 Å². The van der Waals surface area contributed by atoms with Crippen molar-refractivity contribution < 1.29 is 9.18 Å². The number of benzene rings is 2. The molecule has 154 valence electrons. The molecule has 0 N–H and O–H groups in total. The molecule has 2 aliphatic heterocycles. The Morgan fingerprint density at radius 3 is 2.21 bits per heavy atom. The number of hydrogen-bond donors (Lipinski definition) is 0. The fourth-order valence-corrected chi connectivity index (χ4v) is 4.47. The van der Waals surface area contributed by atoms with Crippen LogP contribution >= 0.6 is 0 Å². The van der Waals surface area contributed by atoms with Gasteiger partial charge in [0, 0.05) is 45.8 Å². The SMILES string of the molecule is O=C(C1CCCN(Cc2ccc(F)cc2)C1)N1CCN(Cc2ccccc2)CC1. The van der Waals surface area contributed by atoms with E-state index in [1.165, 1.54) is 17.7 Å². The molecule has 1 atom stereocenters. The van der Waals surface area contributed by atoms with E-state index < -0.39 is 0 Å². The number of nitrogens with zero attached hydrogens (tertiary/aromatic N) is 3. The summed E-state index contributed by atoms with van der Waals surface area (Å²) in [5.41, 5.74) is 2.44. The van der Waals surface area contributed by atoms with E-state index in [1.807, 2.05) is 18.2 Å². The van der Waals surface area contributed by atoms with Crippen LogP contribution in [0, 0.1) is 11.7 Å². The first-order valence-corrected chi connectivity index (χ1v) is 10.7. The van der Waals surface area contributed by atoms with Crippen molar-refractivity contribution >= 4 is 5.91 Å². The van der Waals surface area contributed by atoms with E-state index in [4.69, 9.17) is 0 Å². The highest BCUT2D eigenvalue weighted by Gasteiger charge is 2.31. The molecule has 2 saturated heterocycles. The van der Waals surface area contributed by atoms with Gasteiger partial charge in [0.15, 0.2) is 0 Å². The van der Waals surface area contributed by atoms with Gasteiger partial charge in [0.2, 0.25) is 5.91 Å². The monoisotopic (exact) mass is 395 g/mol. The molecule has 2 heterocycles. The fourth-order valence-electron chi connectivity index (χ4n) is 4.47. The number of carbonyl (C=O) groups is 1. The highest BCUT2D eigenvalue weighted by Crippen LogP contribution is 2.22. The lowest BCUT2D eigenvalue weighted by atomic mass is 9.95. The van der Waals surface area contributed by atoms with Crippen molar-refractivity contribution in [3.63, 3.8) is 0 Å². The molecule has 0 saturated carbocycles.